The summed E-state index contributed by atoms with van der Waals surface area (Å²) in [7, 11) is 1.61. The average molecular weight is 495 g/mol. The average Bonchev–Trinajstić information content (AvgIpc) is 2.74. The fourth-order valence-corrected chi connectivity index (χ4v) is 3.24. The summed E-state index contributed by atoms with van der Waals surface area (Å²) in [5.74, 6) is 1.77. The van der Waals surface area contributed by atoms with Crippen LogP contribution >= 0.6 is 28.1 Å². The second-order valence-corrected chi connectivity index (χ2v) is 7.66. The van der Waals surface area contributed by atoms with Crippen molar-refractivity contribution in [2.45, 2.75) is 33.2 Å². The van der Waals surface area contributed by atoms with Gasteiger partial charge in [-0.05, 0) is 77.4 Å². The third-order valence-electron chi connectivity index (χ3n) is 4.16. The van der Waals surface area contributed by atoms with E-state index < -0.39 is 0 Å². The molecule has 0 saturated carbocycles. The van der Waals surface area contributed by atoms with Gasteiger partial charge >= 0.3 is 0 Å². The van der Waals surface area contributed by atoms with Crippen molar-refractivity contribution in [2.75, 3.05) is 20.3 Å². The van der Waals surface area contributed by atoms with Crippen molar-refractivity contribution in [1.82, 2.24) is 10.6 Å². The summed E-state index contributed by atoms with van der Waals surface area (Å²) in [5.41, 5.74) is 1.43. The molecule has 0 unspecified atom stereocenters. The predicted molar refractivity (Wildman–Crippen MR) is 126 cm³/mol. The summed E-state index contributed by atoms with van der Waals surface area (Å²) >= 11 is 8.66. The summed E-state index contributed by atoms with van der Waals surface area (Å²) in [6.07, 6.45) is 2.06. The first-order chi connectivity index (χ1) is 14.5. The van der Waals surface area contributed by atoms with Crippen molar-refractivity contribution in [3.63, 3.8) is 0 Å². The molecular weight excluding hydrogens is 468 g/mol. The summed E-state index contributed by atoms with van der Waals surface area (Å²) < 4.78 is 17.3. The number of amides is 1. The lowest BCUT2D eigenvalue weighted by atomic mass is 10.2. The number of carbonyl (C=O) groups is 1. The van der Waals surface area contributed by atoms with E-state index in [1.165, 1.54) is 0 Å². The largest absolute Gasteiger partial charge is 0.493 e. The molecule has 6 nitrogen and oxygen atoms in total. The molecule has 0 atom stereocenters. The van der Waals surface area contributed by atoms with Crippen LogP contribution in [0.2, 0.25) is 0 Å². The molecule has 0 spiro atoms. The fourth-order valence-electron chi connectivity index (χ4n) is 2.58. The molecule has 0 aromatic heterocycles. The number of carbonyl (C=O) groups excluding carboxylic acids is 1. The summed E-state index contributed by atoms with van der Waals surface area (Å²) in [4.78, 5) is 12.4. The Morgan fingerprint density at radius 1 is 1.07 bits per heavy atom. The monoisotopic (exact) mass is 494 g/mol. The van der Waals surface area contributed by atoms with Gasteiger partial charge in [-0.15, -0.1) is 0 Å². The highest BCUT2D eigenvalue weighted by molar-refractivity contribution is 9.10. The van der Waals surface area contributed by atoms with Crippen LogP contribution < -0.4 is 24.8 Å². The first kappa shape index (κ1) is 24.0. The first-order valence-electron chi connectivity index (χ1n) is 9.79. The van der Waals surface area contributed by atoms with Crippen molar-refractivity contribution >= 4 is 39.2 Å². The number of benzene rings is 2. The van der Waals surface area contributed by atoms with Crippen LogP contribution in [0.1, 0.15) is 42.6 Å². The molecule has 1 amide bonds. The van der Waals surface area contributed by atoms with E-state index in [0.717, 1.165) is 18.4 Å². The maximum Gasteiger partial charge on any atom is 0.257 e. The van der Waals surface area contributed by atoms with Crippen LogP contribution in [0.4, 0.5) is 0 Å². The molecular formula is C22H27BrN2O4S. The molecule has 162 valence electrons. The molecule has 8 heteroatoms. The number of hydrogen-bond donors (Lipinski definition) is 2. The molecule has 0 fully saturated rings. The van der Waals surface area contributed by atoms with Crippen LogP contribution in [0, 0.1) is 0 Å². The zero-order valence-corrected chi connectivity index (χ0v) is 19.8. The van der Waals surface area contributed by atoms with Gasteiger partial charge in [0.1, 0.15) is 5.75 Å². The first-order valence-corrected chi connectivity index (χ1v) is 11.0. The van der Waals surface area contributed by atoms with Crippen LogP contribution in [0.5, 0.6) is 17.2 Å². The molecule has 30 heavy (non-hydrogen) atoms. The summed E-state index contributed by atoms with van der Waals surface area (Å²) in [6.45, 7) is 5.67. The molecule has 0 aliphatic heterocycles. The standard InChI is InChI=1S/C22H27BrN2O4S/c1-4-6-11-29-19-9-7-15(12-20(19)27-3)14-24-22(30)25-21(26)16-8-10-18(28-5-2)17(23)13-16/h7-10,12-13H,4-6,11,14H2,1-3H3,(H2,24,25,26,30). The van der Waals surface area contributed by atoms with Crippen molar-refractivity contribution in [2.24, 2.45) is 0 Å². The van der Waals surface area contributed by atoms with E-state index in [1.807, 2.05) is 25.1 Å². The minimum Gasteiger partial charge on any atom is -0.493 e. The Bertz CT molecular complexity index is 876. The number of hydrogen-bond acceptors (Lipinski definition) is 5. The second kappa shape index (κ2) is 12.4. The van der Waals surface area contributed by atoms with E-state index >= 15 is 0 Å². The van der Waals surface area contributed by atoms with Crippen molar-refractivity contribution < 1.29 is 19.0 Å². The minimum absolute atomic E-state index is 0.243. The fraction of sp³-hybridized carbons (Fsp3) is 0.364. The predicted octanol–water partition coefficient (Wildman–Crippen LogP) is 4.84. The minimum atomic E-state index is -0.298. The lowest BCUT2D eigenvalue weighted by molar-refractivity contribution is 0.0976. The van der Waals surface area contributed by atoms with Crippen LogP contribution in [-0.2, 0) is 6.54 Å². The van der Waals surface area contributed by atoms with Crippen molar-refractivity contribution in [1.29, 1.82) is 0 Å². The van der Waals surface area contributed by atoms with Gasteiger partial charge < -0.3 is 19.5 Å². The quantitative estimate of drug-likeness (QED) is 0.363. The number of thiocarbonyl (C=S) groups is 1. The molecule has 0 radical (unpaired) electrons. The Balaban J connectivity index is 1.90. The van der Waals surface area contributed by atoms with Crippen molar-refractivity contribution in [3.8, 4) is 17.2 Å². The lowest BCUT2D eigenvalue weighted by Gasteiger charge is -2.14. The van der Waals surface area contributed by atoms with E-state index in [9.17, 15) is 4.79 Å². The smallest absolute Gasteiger partial charge is 0.257 e. The highest BCUT2D eigenvalue weighted by atomic mass is 79.9. The number of methoxy groups -OCH3 is 1. The Kier molecular flexibility index (Phi) is 9.89. The number of ether oxygens (including phenoxy) is 3. The van der Waals surface area contributed by atoms with Gasteiger partial charge in [0.15, 0.2) is 16.6 Å². The van der Waals surface area contributed by atoms with Gasteiger partial charge in [-0.25, -0.2) is 0 Å². The van der Waals surface area contributed by atoms with Gasteiger partial charge in [0.25, 0.3) is 5.91 Å². The van der Waals surface area contributed by atoms with Crippen molar-refractivity contribution in [3.05, 3.63) is 52.0 Å². The molecule has 0 heterocycles. The molecule has 2 N–H and O–H groups in total. The Labute approximate surface area is 191 Å². The highest BCUT2D eigenvalue weighted by Gasteiger charge is 2.11. The van der Waals surface area contributed by atoms with Crippen LogP contribution in [0.3, 0.4) is 0 Å². The Morgan fingerprint density at radius 2 is 1.83 bits per heavy atom. The maximum absolute atomic E-state index is 12.4. The molecule has 0 aliphatic carbocycles. The van der Waals surface area contributed by atoms with Gasteiger partial charge in [-0.3, -0.25) is 10.1 Å². The second-order valence-electron chi connectivity index (χ2n) is 6.40. The number of rotatable bonds is 10. The Morgan fingerprint density at radius 3 is 2.50 bits per heavy atom. The normalized spacial score (nSPS) is 10.3. The third kappa shape index (κ3) is 7.18. The molecule has 0 bridgehead atoms. The topological polar surface area (TPSA) is 68.8 Å². The number of nitrogens with one attached hydrogen (secondary N) is 2. The highest BCUT2D eigenvalue weighted by Crippen LogP contribution is 2.28. The summed E-state index contributed by atoms with van der Waals surface area (Å²) in [5, 5.41) is 5.96. The van der Waals surface area contributed by atoms with Crippen LogP contribution in [0.15, 0.2) is 40.9 Å². The van der Waals surface area contributed by atoms with Crippen LogP contribution in [0.25, 0.3) is 0 Å². The Hall–Kier alpha value is -2.32. The number of unbranched alkanes of at least 4 members (excludes halogenated alkanes) is 1. The van der Waals surface area contributed by atoms with Gasteiger partial charge in [0.2, 0.25) is 0 Å². The van der Waals surface area contributed by atoms with Gasteiger partial charge in [-0.2, -0.15) is 0 Å². The lowest BCUT2D eigenvalue weighted by Crippen LogP contribution is -2.38. The van der Waals surface area contributed by atoms with Crippen LogP contribution in [-0.4, -0.2) is 31.3 Å². The zero-order chi connectivity index (χ0) is 21.9. The maximum atomic E-state index is 12.4. The SMILES string of the molecule is CCCCOc1ccc(CNC(=S)NC(=O)c2ccc(OCC)c(Br)c2)cc1OC. The summed E-state index contributed by atoms with van der Waals surface area (Å²) in [6, 6.07) is 10.8. The van der Waals surface area contributed by atoms with E-state index in [1.54, 1.807) is 25.3 Å². The number of halogens is 1. The van der Waals surface area contributed by atoms with Gasteiger partial charge in [0.05, 0.1) is 24.8 Å². The van der Waals surface area contributed by atoms with E-state index in [-0.39, 0.29) is 11.0 Å². The van der Waals surface area contributed by atoms with E-state index in [2.05, 4.69) is 33.5 Å². The van der Waals surface area contributed by atoms with E-state index in [0.29, 0.717) is 47.0 Å². The zero-order valence-electron chi connectivity index (χ0n) is 17.4. The molecule has 0 saturated heterocycles. The molecule has 2 aromatic carbocycles. The van der Waals surface area contributed by atoms with Gasteiger partial charge in [0, 0.05) is 12.1 Å². The molecule has 0 aliphatic rings. The van der Waals surface area contributed by atoms with E-state index in [4.69, 9.17) is 26.4 Å². The third-order valence-corrected chi connectivity index (χ3v) is 5.02. The molecule has 2 aromatic rings. The molecule has 2 rings (SSSR count). The van der Waals surface area contributed by atoms with Gasteiger partial charge in [-0.1, -0.05) is 19.4 Å².